The van der Waals surface area contributed by atoms with Crippen LogP contribution in [0.2, 0.25) is 0 Å². The fraction of sp³-hybridized carbons (Fsp3) is 0.743. The Morgan fingerprint density at radius 3 is 0.762 bits per heavy atom. The van der Waals surface area contributed by atoms with E-state index in [0.717, 1.165) is 116 Å². The van der Waals surface area contributed by atoms with Crippen LogP contribution in [-0.4, -0.2) is 37.2 Å². The van der Waals surface area contributed by atoms with Crippen LogP contribution in [0.3, 0.4) is 0 Å². The fourth-order valence-electron chi connectivity index (χ4n) is 9.71. The molecule has 0 fully saturated rings. The van der Waals surface area contributed by atoms with E-state index in [2.05, 4.69) is 118 Å². The zero-order valence-corrected chi connectivity index (χ0v) is 52.8. The van der Waals surface area contributed by atoms with E-state index in [-0.39, 0.29) is 31.1 Å². The van der Waals surface area contributed by atoms with Crippen molar-refractivity contribution in [1.29, 1.82) is 0 Å². The van der Waals surface area contributed by atoms with E-state index in [0.29, 0.717) is 19.3 Å². The highest BCUT2D eigenvalue weighted by Gasteiger charge is 2.19. The molecule has 80 heavy (non-hydrogen) atoms. The van der Waals surface area contributed by atoms with Gasteiger partial charge in [-0.2, -0.15) is 0 Å². The number of unbranched alkanes of at least 4 members (excludes halogenated alkanes) is 35. The summed E-state index contributed by atoms with van der Waals surface area (Å²) in [5.41, 5.74) is 0. The van der Waals surface area contributed by atoms with Crippen molar-refractivity contribution < 1.29 is 28.6 Å². The highest BCUT2D eigenvalue weighted by Crippen LogP contribution is 2.17. The Hall–Kier alpha value is -3.67. The third kappa shape index (κ3) is 65.1. The van der Waals surface area contributed by atoms with E-state index in [4.69, 9.17) is 14.2 Å². The number of allylic oxidation sites excluding steroid dienone is 16. The summed E-state index contributed by atoms with van der Waals surface area (Å²) < 4.78 is 16.8. The number of esters is 3. The monoisotopic (exact) mass is 1110 g/mol. The molecular weight excluding hydrogens is 985 g/mol. The van der Waals surface area contributed by atoms with Gasteiger partial charge in [0.25, 0.3) is 0 Å². The third-order valence-electron chi connectivity index (χ3n) is 14.8. The van der Waals surface area contributed by atoms with Crippen molar-refractivity contribution in [2.24, 2.45) is 0 Å². The number of carbonyl (C=O) groups excluding carboxylic acids is 3. The summed E-state index contributed by atoms with van der Waals surface area (Å²) in [7, 11) is 0. The molecule has 0 aromatic carbocycles. The van der Waals surface area contributed by atoms with Gasteiger partial charge in [0.05, 0.1) is 0 Å². The number of hydrogen-bond donors (Lipinski definition) is 0. The van der Waals surface area contributed by atoms with Crippen molar-refractivity contribution in [2.75, 3.05) is 13.2 Å². The van der Waals surface area contributed by atoms with E-state index in [1.165, 1.54) is 180 Å². The van der Waals surface area contributed by atoms with Crippen LogP contribution in [0.15, 0.2) is 97.2 Å². The third-order valence-corrected chi connectivity index (χ3v) is 14.8. The largest absolute Gasteiger partial charge is 0.462 e. The number of carbonyl (C=O) groups is 3. The average Bonchev–Trinajstić information content (AvgIpc) is 3.46. The molecule has 0 aromatic heterocycles. The maximum absolute atomic E-state index is 12.9. The molecule has 0 aliphatic carbocycles. The summed E-state index contributed by atoms with van der Waals surface area (Å²) >= 11 is 0. The Balaban J connectivity index is 4.05. The zero-order chi connectivity index (χ0) is 57.8. The van der Waals surface area contributed by atoms with E-state index >= 15 is 0 Å². The molecule has 460 valence electrons. The van der Waals surface area contributed by atoms with Crippen molar-refractivity contribution >= 4 is 17.9 Å². The summed E-state index contributed by atoms with van der Waals surface area (Å²) in [6, 6.07) is 0. The average molecular weight is 1110 g/mol. The number of hydrogen-bond acceptors (Lipinski definition) is 6. The van der Waals surface area contributed by atoms with Gasteiger partial charge in [0.1, 0.15) is 13.2 Å². The molecule has 6 heteroatoms. The topological polar surface area (TPSA) is 78.9 Å². The van der Waals surface area contributed by atoms with Crippen LogP contribution in [0, 0.1) is 0 Å². The molecule has 1 atom stereocenters. The second-order valence-electron chi connectivity index (χ2n) is 22.7. The van der Waals surface area contributed by atoms with Gasteiger partial charge < -0.3 is 14.2 Å². The van der Waals surface area contributed by atoms with Crippen LogP contribution in [0.1, 0.15) is 335 Å². The van der Waals surface area contributed by atoms with Gasteiger partial charge in [-0.3, -0.25) is 14.4 Å². The summed E-state index contributed by atoms with van der Waals surface area (Å²) in [6.07, 6.45) is 91.9. The molecule has 0 spiro atoms. The molecule has 0 radical (unpaired) electrons. The maximum Gasteiger partial charge on any atom is 0.306 e. The Bertz CT molecular complexity index is 1560. The second-order valence-corrected chi connectivity index (χ2v) is 22.7. The van der Waals surface area contributed by atoms with E-state index in [1.807, 2.05) is 0 Å². The van der Waals surface area contributed by atoms with Crippen molar-refractivity contribution in [3.8, 4) is 0 Å². The Kier molecular flexibility index (Phi) is 64.7. The molecule has 0 saturated carbocycles. The van der Waals surface area contributed by atoms with E-state index in [1.54, 1.807) is 0 Å². The van der Waals surface area contributed by atoms with Crippen LogP contribution in [0.5, 0.6) is 0 Å². The molecule has 0 saturated heterocycles. The Labute approximate surface area is 496 Å². The quantitative estimate of drug-likeness (QED) is 0.0261. The molecule has 0 aliphatic rings. The van der Waals surface area contributed by atoms with Crippen molar-refractivity contribution in [2.45, 2.75) is 341 Å². The molecule has 0 aromatic rings. The first-order chi connectivity index (χ1) is 39.5. The standard InChI is InChI=1S/C74H128O6/c1-4-7-10-13-16-18-20-22-24-26-28-30-32-34-35-36-37-38-39-41-42-44-46-48-50-52-54-56-58-61-64-67-73(76)79-70-71(69-78-72(75)66-63-60-15-12-9-6-3)80-74(77)68-65-62-59-57-55-53-51-49-47-45-43-40-33-31-29-27-25-23-21-19-17-14-11-8-5-2/h8,11,17,19-20,22-23,25-26,28-29,31,40,43,47,49,71H,4-7,9-10,12-16,18,21,24,27,30,32-39,41-42,44-46,48,50-70H2,1-3H3/b11-8-,19-17-,22-20-,25-23-,28-26-,31-29-,43-40-,49-47-. The van der Waals surface area contributed by atoms with Crippen molar-refractivity contribution in [3.63, 3.8) is 0 Å². The molecule has 0 aliphatic heterocycles. The van der Waals surface area contributed by atoms with Gasteiger partial charge in [-0.05, 0) is 103 Å². The molecule has 0 amide bonds. The molecular formula is C74H128O6. The summed E-state index contributed by atoms with van der Waals surface area (Å²) in [6.45, 7) is 6.47. The van der Waals surface area contributed by atoms with Crippen LogP contribution in [-0.2, 0) is 28.6 Å². The molecule has 0 N–H and O–H groups in total. The molecule has 6 nitrogen and oxygen atoms in total. The lowest BCUT2D eigenvalue weighted by molar-refractivity contribution is -0.167. The minimum Gasteiger partial charge on any atom is -0.462 e. The van der Waals surface area contributed by atoms with Crippen LogP contribution in [0.25, 0.3) is 0 Å². The van der Waals surface area contributed by atoms with Crippen molar-refractivity contribution in [1.82, 2.24) is 0 Å². The highest BCUT2D eigenvalue weighted by atomic mass is 16.6. The van der Waals surface area contributed by atoms with Gasteiger partial charge in [0, 0.05) is 19.3 Å². The smallest absolute Gasteiger partial charge is 0.306 e. The second kappa shape index (κ2) is 67.8. The van der Waals surface area contributed by atoms with E-state index < -0.39 is 6.10 Å². The molecule has 0 heterocycles. The minimum atomic E-state index is -0.783. The number of rotatable bonds is 62. The van der Waals surface area contributed by atoms with Gasteiger partial charge >= 0.3 is 17.9 Å². The molecule has 0 bridgehead atoms. The number of ether oxygens (including phenoxy) is 3. The van der Waals surface area contributed by atoms with Gasteiger partial charge in [0.2, 0.25) is 0 Å². The molecule has 1 unspecified atom stereocenters. The lowest BCUT2D eigenvalue weighted by atomic mass is 10.0. The summed E-state index contributed by atoms with van der Waals surface area (Å²) in [4.78, 5) is 38.1. The molecule has 0 rings (SSSR count). The normalized spacial score (nSPS) is 12.7. The Morgan fingerprint density at radius 2 is 0.487 bits per heavy atom. The van der Waals surface area contributed by atoms with Gasteiger partial charge in [0.15, 0.2) is 6.10 Å². The van der Waals surface area contributed by atoms with E-state index in [9.17, 15) is 14.4 Å². The van der Waals surface area contributed by atoms with Gasteiger partial charge in [-0.1, -0.05) is 311 Å². The fourth-order valence-corrected chi connectivity index (χ4v) is 9.71. The first-order valence-corrected chi connectivity index (χ1v) is 34.2. The first-order valence-electron chi connectivity index (χ1n) is 34.2. The predicted molar refractivity (Wildman–Crippen MR) is 348 cm³/mol. The zero-order valence-electron chi connectivity index (χ0n) is 52.8. The van der Waals surface area contributed by atoms with Crippen LogP contribution in [0.4, 0.5) is 0 Å². The van der Waals surface area contributed by atoms with Gasteiger partial charge in [-0.25, -0.2) is 0 Å². The lowest BCUT2D eigenvalue weighted by Gasteiger charge is -2.18. The van der Waals surface area contributed by atoms with Crippen LogP contribution < -0.4 is 0 Å². The van der Waals surface area contributed by atoms with Gasteiger partial charge in [-0.15, -0.1) is 0 Å². The SMILES string of the molecule is CC/C=C\C/C=C\C/C=C\C/C=C\C/C=C\C/C=C\CCCCCCCCC(=O)OC(COC(=O)CCCCCCCC)COC(=O)CCCCCCCCCCCCCCCCCCCCC/C=C\C/C=C\CCCCCCC. The minimum absolute atomic E-state index is 0.0809. The highest BCUT2D eigenvalue weighted by molar-refractivity contribution is 5.71. The maximum atomic E-state index is 12.9. The van der Waals surface area contributed by atoms with Crippen LogP contribution >= 0.6 is 0 Å². The van der Waals surface area contributed by atoms with Crippen molar-refractivity contribution in [3.05, 3.63) is 97.2 Å². The summed E-state index contributed by atoms with van der Waals surface area (Å²) in [5.74, 6) is -0.894. The lowest BCUT2D eigenvalue weighted by Crippen LogP contribution is -2.30. The Morgan fingerprint density at radius 1 is 0.263 bits per heavy atom. The summed E-state index contributed by atoms with van der Waals surface area (Å²) in [5, 5.41) is 0. The first kappa shape index (κ1) is 76.3. The predicted octanol–water partition coefficient (Wildman–Crippen LogP) is 23.6.